The van der Waals surface area contributed by atoms with E-state index in [1.165, 1.54) is 0 Å². The van der Waals surface area contributed by atoms with E-state index in [9.17, 15) is 4.79 Å². The summed E-state index contributed by atoms with van der Waals surface area (Å²) in [7, 11) is 3.14. The number of nitrogens with zero attached hydrogens (tertiary/aromatic N) is 1. The first-order chi connectivity index (χ1) is 7.76. The van der Waals surface area contributed by atoms with Crippen molar-refractivity contribution in [2.75, 3.05) is 25.7 Å². The summed E-state index contributed by atoms with van der Waals surface area (Å²) in [6.07, 6.45) is 0.0890. The zero-order chi connectivity index (χ0) is 11.5. The maximum absolute atomic E-state index is 11.8. The topological polar surface area (TPSA) is 38.8 Å². The van der Waals surface area contributed by atoms with Crippen LogP contribution in [-0.2, 0) is 20.7 Å². The van der Waals surface area contributed by atoms with E-state index in [0.29, 0.717) is 13.0 Å². The zero-order valence-corrected chi connectivity index (χ0v) is 9.47. The van der Waals surface area contributed by atoms with Crippen molar-refractivity contribution in [1.82, 2.24) is 0 Å². The first kappa shape index (κ1) is 11.1. The Bertz CT molecular complexity index is 388. The van der Waals surface area contributed by atoms with Crippen molar-refractivity contribution in [2.24, 2.45) is 0 Å². The van der Waals surface area contributed by atoms with Crippen molar-refractivity contribution in [3.05, 3.63) is 29.8 Å². The number of hydrogen-bond acceptors (Lipinski definition) is 3. The summed E-state index contributed by atoms with van der Waals surface area (Å²) in [5.41, 5.74) is 2.03. The molecule has 0 fully saturated rings. The number of benzene rings is 1. The molecular weight excluding hydrogens is 206 g/mol. The lowest BCUT2D eigenvalue weighted by molar-refractivity contribution is -0.121. The molecular formula is C12H15NO3. The minimum atomic E-state index is -0.380. The van der Waals surface area contributed by atoms with E-state index in [0.717, 1.165) is 11.3 Å². The van der Waals surface area contributed by atoms with Crippen LogP contribution in [-0.4, -0.2) is 33.0 Å². The smallest absolute Gasteiger partial charge is 0.231 e. The van der Waals surface area contributed by atoms with E-state index in [1.54, 1.807) is 19.1 Å². The lowest BCUT2D eigenvalue weighted by atomic mass is 10.2. The Hall–Kier alpha value is -1.39. The molecule has 0 aromatic heterocycles. The molecule has 4 nitrogen and oxygen atoms in total. The van der Waals surface area contributed by atoms with E-state index in [-0.39, 0.29) is 12.2 Å². The van der Waals surface area contributed by atoms with Crippen molar-refractivity contribution < 1.29 is 14.3 Å². The standard InChI is InChI=1S/C12H15NO3/c1-15-12(16-2)8-13-10-6-4-3-5-9(10)7-11(13)14/h3-6,12H,7-8H2,1-2H3. The second-order valence-electron chi connectivity index (χ2n) is 3.71. The Balaban J connectivity index is 2.19. The van der Waals surface area contributed by atoms with E-state index < -0.39 is 0 Å². The highest BCUT2D eigenvalue weighted by atomic mass is 16.7. The number of anilines is 1. The average molecular weight is 221 g/mol. The van der Waals surface area contributed by atoms with Crippen LogP contribution in [0.2, 0.25) is 0 Å². The Morgan fingerprint density at radius 1 is 1.31 bits per heavy atom. The minimum absolute atomic E-state index is 0.0975. The van der Waals surface area contributed by atoms with Gasteiger partial charge in [-0.25, -0.2) is 0 Å². The second-order valence-corrected chi connectivity index (χ2v) is 3.71. The maximum Gasteiger partial charge on any atom is 0.231 e. The summed E-state index contributed by atoms with van der Waals surface area (Å²) in [5.74, 6) is 0.0975. The van der Waals surface area contributed by atoms with Gasteiger partial charge in [-0.2, -0.15) is 0 Å². The normalized spacial score (nSPS) is 14.7. The van der Waals surface area contributed by atoms with Gasteiger partial charge >= 0.3 is 0 Å². The van der Waals surface area contributed by atoms with Crippen LogP contribution in [0.3, 0.4) is 0 Å². The summed E-state index contributed by atoms with van der Waals surface area (Å²) < 4.78 is 10.2. The van der Waals surface area contributed by atoms with Gasteiger partial charge in [0.05, 0.1) is 13.0 Å². The number of ether oxygens (including phenoxy) is 2. The molecule has 1 aromatic carbocycles. The number of carbonyl (C=O) groups excluding carboxylic acids is 1. The number of methoxy groups -OCH3 is 2. The van der Waals surface area contributed by atoms with E-state index >= 15 is 0 Å². The van der Waals surface area contributed by atoms with Crippen LogP contribution in [0.15, 0.2) is 24.3 Å². The average Bonchev–Trinajstić information content (AvgIpc) is 2.62. The van der Waals surface area contributed by atoms with Crippen LogP contribution >= 0.6 is 0 Å². The van der Waals surface area contributed by atoms with Gasteiger partial charge in [-0.1, -0.05) is 18.2 Å². The van der Waals surface area contributed by atoms with E-state index in [1.807, 2.05) is 24.3 Å². The van der Waals surface area contributed by atoms with Crippen LogP contribution in [0, 0.1) is 0 Å². The summed E-state index contributed by atoms with van der Waals surface area (Å²) in [6.45, 7) is 0.433. The summed E-state index contributed by atoms with van der Waals surface area (Å²) in [6, 6.07) is 7.79. The molecule has 2 rings (SSSR count). The van der Waals surface area contributed by atoms with Crippen molar-refractivity contribution in [3.63, 3.8) is 0 Å². The molecule has 0 aliphatic carbocycles. The number of rotatable bonds is 4. The second kappa shape index (κ2) is 4.63. The predicted molar refractivity (Wildman–Crippen MR) is 60.3 cm³/mol. The Kier molecular flexibility index (Phi) is 3.22. The highest BCUT2D eigenvalue weighted by Crippen LogP contribution is 2.28. The third kappa shape index (κ3) is 1.94. The summed E-state index contributed by atoms with van der Waals surface area (Å²) in [5, 5.41) is 0. The Labute approximate surface area is 94.8 Å². The number of hydrogen-bond donors (Lipinski definition) is 0. The van der Waals surface area contributed by atoms with E-state index in [4.69, 9.17) is 9.47 Å². The van der Waals surface area contributed by atoms with Crippen LogP contribution < -0.4 is 4.90 Å². The number of carbonyl (C=O) groups is 1. The van der Waals surface area contributed by atoms with Crippen molar-refractivity contribution >= 4 is 11.6 Å². The molecule has 0 bridgehead atoms. The van der Waals surface area contributed by atoms with Gasteiger partial charge in [0.15, 0.2) is 6.29 Å². The highest BCUT2D eigenvalue weighted by molar-refractivity contribution is 6.01. The molecule has 0 saturated carbocycles. The van der Waals surface area contributed by atoms with Gasteiger partial charge in [-0.15, -0.1) is 0 Å². The van der Waals surface area contributed by atoms with Gasteiger partial charge in [0, 0.05) is 19.9 Å². The SMILES string of the molecule is COC(CN1C(=O)Cc2ccccc21)OC. The third-order valence-electron chi connectivity index (χ3n) is 2.78. The van der Waals surface area contributed by atoms with Crippen molar-refractivity contribution in [2.45, 2.75) is 12.7 Å². The van der Waals surface area contributed by atoms with Crippen LogP contribution in [0.25, 0.3) is 0 Å². The van der Waals surface area contributed by atoms with Crippen LogP contribution in [0.5, 0.6) is 0 Å². The molecule has 0 atom stereocenters. The molecule has 1 aromatic rings. The van der Waals surface area contributed by atoms with Gasteiger partial charge < -0.3 is 14.4 Å². The molecule has 1 aliphatic heterocycles. The molecule has 0 N–H and O–H groups in total. The third-order valence-corrected chi connectivity index (χ3v) is 2.78. The van der Waals surface area contributed by atoms with Crippen molar-refractivity contribution in [1.29, 1.82) is 0 Å². The maximum atomic E-state index is 11.8. The monoisotopic (exact) mass is 221 g/mol. The van der Waals surface area contributed by atoms with Crippen LogP contribution in [0.1, 0.15) is 5.56 Å². The minimum Gasteiger partial charge on any atom is -0.354 e. The molecule has 16 heavy (non-hydrogen) atoms. The molecule has 0 unspecified atom stereocenters. The van der Waals surface area contributed by atoms with Crippen molar-refractivity contribution in [3.8, 4) is 0 Å². The summed E-state index contributed by atoms with van der Waals surface area (Å²) in [4.78, 5) is 13.5. The fraction of sp³-hybridized carbons (Fsp3) is 0.417. The Morgan fingerprint density at radius 2 is 2.00 bits per heavy atom. The summed E-state index contributed by atoms with van der Waals surface area (Å²) >= 11 is 0. The Morgan fingerprint density at radius 3 is 2.69 bits per heavy atom. The molecule has 1 heterocycles. The number of amides is 1. The molecule has 1 amide bonds. The first-order valence-corrected chi connectivity index (χ1v) is 5.20. The predicted octanol–water partition coefficient (Wildman–Crippen LogP) is 1.19. The van der Waals surface area contributed by atoms with Crippen LogP contribution in [0.4, 0.5) is 5.69 Å². The lowest BCUT2D eigenvalue weighted by Crippen LogP contribution is -2.36. The largest absolute Gasteiger partial charge is 0.354 e. The first-order valence-electron chi connectivity index (χ1n) is 5.20. The van der Waals surface area contributed by atoms with E-state index in [2.05, 4.69) is 0 Å². The van der Waals surface area contributed by atoms with Gasteiger partial charge in [0.1, 0.15) is 0 Å². The fourth-order valence-corrected chi connectivity index (χ4v) is 1.91. The van der Waals surface area contributed by atoms with Gasteiger partial charge in [-0.05, 0) is 11.6 Å². The molecule has 1 aliphatic rings. The van der Waals surface area contributed by atoms with Gasteiger partial charge in [0.2, 0.25) is 5.91 Å². The molecule has 86 valence electrons. The fourth-order valence-electron chi connectivity index (χ4n) is 1.91. The molecule has 0 radical (unpaired) electrons. The van der Waals surface area contributed by atoms with Gasteiger partial charge in [-0.3, -0.25) is 4.79 Å². The number of fused-ring (bicyclic) bond motifs is 1. The van der Waals surface area contributed by atoms with Gasteiger partial charge in [0.25, 0.3) is 0 Å². The number of para-hydroxylation sites is 1. The quantitative estimate of drug-likeness (QED) is 0.717. The molecule has 0 spiro atoms. The lowest BCUT2D eigenvalue weighted by Gasteiger charge is -2.22. The zero-order valence-electron chi connectivity index (χ0n) is 9.47. The highest BCUT2D eigenvalue weighted by Gasteiger charge is 2.28. The molecule has 0 saturated heterocycles. The molecule has 4 heteroatoms.